The number of piperidine rings is 1. The molecular formula is C20H27N3O5. The van der Waals surface area contributed by atoms with E-state index in [1.807, 2.05) is 24.3 Å². The third kappa shape index (κ3) is 4.55. The molecule has 0 saturated carbocycles. The first kappa shape index (κ1) is 20.0. The summed E-state index contributed by atoms with van der Waals surface area (Å²) in [7, 11) is 1.58. The predicted octanol–water partition coefficient (Wildman–Crippen LogP) is 1.79. The Morgan fingerprint density at radius 2 is 2.00 bits per heavy atom. The van der Waals surface area contributed by atoms with Crippen LogP contribution in [0.5, 0.6) is 5.75 Å². The van der Waals surface area contributed by atoms with Crippen LogP contribution in [0.4, 0.5) is 10.5 Å². The quantitative estimate of drug-likeness (QED) is 0.776. The SMILES string of the molecule is CCOC(=O)C1CCN(C(=O)NC2CC(=O)N(c3cccc(OC)c3)C2)CC1. The lowest BCUT2D eigenvalue weighted by Crippen LogP contribution is -2.49. The monoisotopic (exact) mass is 389 g/mol. The van der Waals surface area contributed by atoms with Gasteiger partial charge in [0.25, 0.3) is 0 Å². The molecule has 28 heavy (non-hydrogen) atoms. The molecule has 1 N–H and O–H groups in total. The maximum Gasteiger partial charge on any atom is 0.317 e. The highest BCUT2D eigenvalue weighted by atomic mass is 16.5. The van der Waals surface area contributed by atoms with E-state index >= 15 is 0 Å². The first-order valence-electron chi connectivity index (χ1n) is 9.68. The van der Waals surface area contributed by atoms with Crippen LogP contribution < -0.4 is 15.0 Å². The Bertz CT molecular complexity index is 730. The average molecular weight is 389 g/mol. The lowest BCUT2D eigenvalue weighted by atomic mass is 9.97. The van der Waals surface area contributed by atoms with Gasteiger partial charge in [0.05, 0.1) is 25.7 Å². The van der Waals surface area contributed by atoms with E-state index in [4.69, 9.17) is 9.47 Å². The highest BCUT2D eigenvalue weighted by molar-refractivity contribution is 5.97. The highest BCUT2D eigenvalue weighted by Gasteiger charge is 2.34. The van der Waals surface area contributed by atoms with Crippen LogP contribution in [-0.4, -0.2) is 62.2 Å². The molecule has 8 nitrogen and oxygen atoms in total. The third-order valence-electron chi connectivity index (χ3n) is 5.22. The number of hydrogen-bond donors (Lipinski definition) is 1. The number of ether oxygens (including phenoxy) is 2. The number of carbonyl (C=O) groups excluding carboxylic acids is 3. The largest absolute Gasteiger partial charge is 0.497 e. The number of methoxy groups -OCH3 is 1. The molecule has 2 aliphatic rings. The van der Waals surface area contributed by atoms with Gasteiger partial charge >= 0.3 is 12.0 Å². The lowest BCUT2D eigenvalue weighted by molar-refractivity contribution is -0.149. The normalized spacial score (nSPS) is 20.2. The van der Waals surface area contributed by atoms with Gasteiger partial charge in [-0.1, -0.05) is 6.07 Å². The van der Waals surface area contributed by atoms with Gasteiger partial charge in [-0.05, 0) is 31.9 Å². The number of carbonyl (C=O) groups is 3. The summed E-state index contributed by atoms with van der Waals surface area (Å²) in [5.41, 5.74) is 0.761. The van der Waals surface area contributed by atoms with Gasteiger partial charge in [0.2, 0.25) is 5.91 Å². The summed E-state index contributed by atoms with van der Waals surface area (Å²) in [5, 5.41) is 2.95. The molecule has 2 saturated heterocycles. The van der Waals surface area contributed by atoms with E-state index in [0.717, 1.165) is 5.69 Å². The molecule has 2 fully saturated rings. The topological polar surface area (TPSA) is 88.2 Å². The maximum atomic E-state index is 12.6. The van der Waals surface area contributed by atoms with Crippen LogP contribution >= 0.6 is 0 Å². The molecule has 1 aromatic carbocycles. The van der Waals surface area contributed by atoms with Crippen molar-refractivity contribution in [1.29, 1.82) is 0 Å². The van der Waals surface area contributed by atoms with Crippen molar-refractivity contribution in [2.45, 2.75) is 32.2 Å². The summed E-state index contributed by atoms with van der Waals surface area (Å²) < 4.78 is 10.3. The summed E-state index contributed by atoms with van der Waals surface area (Å²) in [5.74, 6) is 0.334. The molecule has 3 rings (SSSR count). The van der Waals surface area contributed by atoms with Crippen molar-refractivity contribution >= 4 is 23.6 Å². The zero-order valence-corrected chi connectivity index (χ0v) is 16.3. The number of benzene rings is 1. The van der Waals surface area contributed by atoms with Gasteiger partial charge in [-0.15, -0.1) is 0 Å². The van der Waals surface area contributed by atoms with Gasteiger partial charge in [0.1, 0.15) is 5.75 Å². The summed E-state index contributed by atoms with van der Waals surface area (Å²) in [4.78, 5) is 40.1. The summed E-state index contributed by atoms with van der Waals surface area (Å²) in [6.07, 6.45) is 1.47. The molecule has 3 amide bonds. The number of anilines is 1. The minimum atomic E-state index is -0.242. The molecule has 1 unspecified atom stereocenters. The Kier molecular flexibility index (Phi) is 6.38. The smallest absolute Gasteiger partial charge is 0.317 e. The standard InChI is InChI=1S/C20H27N3O5/c1-3-28-19(25)14-7-9-22(10-8-14)20(26)21-15-11-18(24)23(13-15)16-5-4-6-17(12-16)27-2/h4-6,12,14-15H,3,7-11,13H2,1-2H3,(H,21,26). The van der Waals surface area contributed by atoms with Crippen molar-refractivity contribution in [3.05, 3.63) is 24.3 Å². The Hall–Kier alpha value is -2.77. The van der Waals surface area contributed by atoms with Crippen LogP contribution in [0.25, 0.3) is 0 Å². The number of rotatable bonds is 5. The second-order valence-corrected chi connectivity index (χ2v) is 7.07. The number of likely N-dealkylation sites (tertiary alicyclic amines) is 1. The number of hydrogen-bond acceptors (Lipinski definition) is 5. The molecule has 152 valence electrons. The Labute approximate surface area is 164 Å². The van der Waals surface area contributed by atoms with Crippen LogP contribution in [0.1, 0.15) is 26.2 Å². The minimum absolute atomic E-state index is 0.0282. The molecule has 0 aromatic heterocycles. The van der Waals surface area contributed by atoms with Gasteiger partial charge in [0, 0.05) is 37.8 Å². The molecule has 1 atom stereocenters. The van der Waals surface area contributed by atoms with Crippen LogP contribution in [0.3, 0.4) is 0 Å². The van der Waals surface area contributed by atoms with E-state index in [1.165, 1.54) is 0 Å². The van der Waals surface area contributed by atoms with Gasteiger partial charge in [-0.2, -0.15) is 0 Å². The summed E-state index contributed by atoms with van der Waals surface area (Å²) >= 11 is 0. The molecular weight excluding hydrogens is 362 g/mol. The second kappa shape index (κ2) is 8.95. The molecule has 0 spiro atoms. The molecule has 2 heterocycles. The van der Waals surface area contributed by atoms with Crippen molar-refractivity contribution in [2.75, 3.05) is 38.3 Å². The molecule has 0 bridgehead atoms. The maximum absolute atomic E-state index is 12.6. The highest BCUT2D eigenvalue weighted by Crippen LogP contribution is 2.26. The molecule has 0 radical (unpaired) electrons. The molecule has 0 aliphatic carbocycles. The van der Waals surface area contributed by atoms with Crippen LogP contribution in [0.15, 0.2) is 24.3 Å². The molecule has 2 aliphatic heterocycles. The zero-order chi connectivity index (χ0) is 20.1. The van der Waals surface area contributed by atoms with Gasteiger partial charge < -0.3 is 24.6 Å². The van der Waals surface area contributed by atoms with Gasteiger partial charge in [0.15, 0.2) is 0 Å². The first-order chi connectivity index (χ1) is 13.5. The Balaban J connectivity index is 1.51. The fourth-order valence-corrected chi connectivity index (χ4v) is 3.68. The van der Waals surface area contributed by atoms with Crippen molar-refractivity contribution in [3.63, 3.8) is 0 Å². The van der Waals surface area contributed by atoms with E-state index in [9.17, 15) is 14.4 Å². The number of urea groups is 1. The van der Waals surface area contributed by atoms with Crippen molar-refractivity contribution in [3.8, 4) is 5.75 Å². The van der Waals surface area contributed by atoms with E-state index < -0.39 is 0 Å². The van der Waals surface area contributed by atoms with Crippen molar-refractivity contribution in [1.82, 2.24) is 10.2 Å². The summed E-state index contributed by atoms with van der Waals surface area (Å²) in [6, 6.07) is 6.89. The zero-order valence-electron chi connectivity index (χ0n) is 16.3. The number of amides is 3. The molecule has 1 aromatic rings. The van der Waals surface area contributed by atoms with Crippen LogP contribution in [0, 0.1) is 5.92 Å². The number of nitrogens with one attached hydrogen (secondary N) is 1. The van der Waals surface area contributed by atoms with Crippen LogP contribution in [-0.2, 0) is 14.3 Å². The van der Waals surface area contributed by atoms with Gasteiger partial charge in [-0.25, -0.2) is 4.79 Å². The van der Waals surface area contributed by atoms with E-state index in [0.29, 0.717) is 44.8 Å². The third-order valence-corrected chi connectivity index (χ3v) is 5.22. The minimum Gasteiger partial charge on any atom is -0.497 e. The lowest BCUT2D eigenvalue weighted by Gasteiger charge is -2.31. The van der Waals surface area contributed by atoms with Gasteiger partial charge in [-0.3, -0.25) is 9.59 Å². The predicted molar refractivity (Wildman–Crippen MR) is 103 cm³/mol. The van der Waals surface area contributed by atoms with E-state index in [1.54, 1.807) is 23.8 Å². The fourth-order valence-electron chi connectivity index (χ4n) is 3.68. The number of nitrogens with zero attached hydrogens (tertiary/aromatic N) is 2. The van der Waals surface area contributed by atoms with Crippen molar-refractivity contribution in [2.24, 2.45) is 5.92 Å². The van der Waals surface area contributed by atoms with E-state index in [2.05, 4.69) is 5.32 Å². The number of esters is 1. The Morgan fingerprint density at radius 1 is 1.25 bits per heavy atom. The van der Waals surface area contributed by atoms with Crippen molar-refractivity contribution < 1.29 is 23.9 Å². The van der Waals surface area contributed by atoms with Crippen LogP contribution in [0.2, 0.25) is 0 Å². The molecule has 8 heteroatoms. The summed E-state index contributed by atoms with van der Waals surface area (Å²) in [6.45, 7) is 3.61. The average Bonchev–Trinajstić information content (AvgIpc) is 3.08. The fraction of sp³-hybridized carbons (Fsp3) is 0.550. The Morgan fingerprint density at radius 3 is 2.68 bits per heavy atom. The first-order valence-corrected chi connectivity index (χ1v) is 9.68. The van der Waals surface area contributed by atoms with E-state index in [-0.39, 0.29) is 36.3 Å². The second-order valence-electron chi connectivity index (χ2n) is 7.07.